The fraction of sp³-hybridized carbons (Fsp3) is 0.550. The number of rotatable bonds is 12. The number of allylic oxidation sites excluding steroid dienone is 2. The monoisotopic (exact) mass is 441 g/mol. The molecule has 0 saturated carbocycles. The van der Waals surface area contributed by atoms with Crippen molar-refractivity contribution in [1.29, 1.82) is 0 Å². The standard InChI is InChI=1S/C20H27NO10/c1-4-14(23)28-11-13-17(30-15(24)5-2)18(31-16(25)6-3)19(29-13)21-9-7-8-12(10-22)20(26)27/h7-10,13,17-19,21H,4-6,11H2,1-3H3,(H,26,27)/b9-7-,12-8+/t13-,17-,18-,19-/m1/s1. The van der Waals surface area contributed by atoms with Crippen LogP contribution in [0.1, 0.15) is 40.0 Å². The third-order valence-electron chi connectivity index (χ3n) is 4.13. The minimum absolute atomic E-state index is 0.0625. The molecule has 0 unspecified atom stereocenters. The van der Waals surface area contributed by atoms with E-state index in [4.69, 9.17) is 24.1 Å². The summed E-state index contributed by atoms with van der Waals surface area (Å²) in [5, 5.41) is 11.6. The molecule has 4 atom stereocenters. The molecule has 0 aromatic heterocycles. The summed E-state index contributed by atoms with van der Waals surface area (Å²) in [4.78, 5) is 56.8. The van der Waals surface area contributed by atoms with Crippen LogP contribution in [0.2, 0.25) is 0 Å². The van der Waals surface area contributed by atoms with Gasteiger partial charge in [0, 0.05) is 19.3 Å². The van der Waals surface area contributed by atoms with Crippen LogP contribution in [0.3, 0.4) is 0 Å². The number of carboxylic acids is 1. The summed E-state index contributed by atoms with van der Waals surface area (Å²) in [6.45, 7) is 4.57. The van der Waals surface area contributed by atoms with Crippen molar-refractivity contribution < 1.29 is 48.0 Å². The Kier molecular flexibility index (Phi) is 11.0. The molecule has 0 aromatic rings. The molecule has 2 N–H and O–H groups in total. The number of hydrogen-bond donors (Lipinski definition) is 2. The molecule has 1 aliphatic heterocycles. The summed E-state index contributed by atoms with van der Waals surface area (Å²) in [5.74, 6) is -3.00. The third kappa shape index (κ3) is 8.21. The second-order valence-electron chi connectivity index (χ2n) is 6.32. The molecule has 11 nitrogen and oxygen atoms in total. The first-order valence-electron chi connectivity index (χ1n) is 9.78. The van der Waals surface area contributed by atoms with Gasteiger partial charge >= 0.3 is 23.9 Å². The maximum atomic E-state index is 11.9. The van der Waals surface area contributed by atoms with Crippen LogP contribution in [0, 0.1) is 0 Å². The van der Waals surface area contributed by atoms with Crippen LogP contribution < -0.4 is 5.32 Å². The molecule has 0 aromatic carbocycles. The van der Waals surface area contributed by atoms with Crippen LogP contribution in [0.4, 0.5) is 0 Å². The Hall–Kier alpha value is -3.21. The predicted molar refractivity (Wildman–Crippen MR) is 104 cm³/mol. The first-order chi connectivity index (χ1) is 14.8. The first-order valence-corrected chi connectivity index (χ1v) is 9.78. The largest absolute Gasteiger partial charge is 0.478 e. The van der Waals surface area contributed by atoms with E-state index in [9.17, 15) is 24.0 Å². The molecule has 1 aliphatic rings. The topological polar surface area (TPSA) is 155 Å². The molecular formula is C20H27NO10. The second kappa shape index (κ2) is 13.2. The van der Waals surface area contributed by atoms with Gasteiger partial charge in [-0.15, -0.1) is 0 Å². The number of carbonyl (C=O) groups excluding carboxylic acids is 4. The van der Waals surface area contributed by atoms with Gasteiger partial charge in [0.15, 0.2) is 24.7 Å². The van der Waals surface area contributed by atoms with E-state index in [1.165, 1.54) is 12.3 Å². The van der Waals surface area contributed by atoms with Crippen LogP contribution in [-0.2, 0) is 42.9 Å². The van der Waals surface area contributed by atoms with Gasteiger partial charge in [-0.05, 0) is 18.4 Å². The molecular weight excluding hydrogens is 414 g/mol. The highest BCUT2D eigenvalue weighted by atomic mass is 16.7. The lowest BCUT2D eigenvalue weighted by molar-refractivity contribution is -0.168. The summed E-state index contributed by atoms with van der Waals surface area (Å²) in [6, 6.07) is 0. The van der Waals surface area contributed by atoms with Crippen LogP contribution in [0.15, 0.2) is 23.9 Å². The summed E-state index contributed by atoms with van der Waals surface area (Å²) >= 11 is 0. The van der Waals surface area contributed by atoms with E-state index in [-0.39, 0.29) is 32.2 Å². The number of nitrogens with one attached hydrogen (secondary N) is 1. The Morgan fingerprint density at radius 3 is 2.06 bits per heavy atom. The smallest absolute Gasteiger partial charge is 0.339 e. The summed E-state index contributed by atoms with van der Waals surface area (Å²) in [6.07, 6.45) is 0.0240. The lowest BCUT2D eigenvalue weighted by atomic mass is 10.1. The van der Waals surface area contributed by atoms with Crippen LogP contribution in [0.25, 0.3) is 0 Å². The van der Waals surface area contributed by atoms with Crippen molar-refractivity contribution in [2.75, 3.05) is 6.61 Å². The van der Waals surface area contributed by atoms with Gasteiger partial charge in [-0.1, -0.05) is 20.8 Å². The van der Waals surface area contributed by atoms with Gasteiger partial charge in [0.05, 0.1) is 5.57 Å². The molecule has 1 rings (SSSR count). The van der Waals surface area contributed by atoms with Crippen molar-refractivity contribution in [2.24, 2.45) is 0 Å². The Bertz CT molecular complexity index is 729. The number of ether oxygens (including phenoxy) is 4. The fourth-order valence-electron chi connectivity index (χ4n) is 2.48. The lowest BCUT2D eigenvalue weighted by Crippen LogP contribution is -2.44. The van der Waals surface area contributed by atoms with Gasteiger partial charge in [-0.3, -0.25) is 19.2 Å². The highest BCUT2D eigenvalue weighted by molar-refractivity contribution is 6.06. The van der Waals surface area contributed by atoms with E-state index < -0.39 is 54.0 Å². The zero-order valence-corrected chi connectivity index (χ0v) is 17.6. The zero-order valence-electron chi connectivity index (χ0n) is 17.6. The molecule has 0 radical (unpaired) electrons. The number of carbonyl (C=O) groups is 5. The molecule has 31 heavy (non-hydrogen) atoms. The first kappa shape index (κ1) is 25.8. The van der Waals surface area contributed by atoms with E-state index >= 15 is 0 Å². The highest BCUT2D eigenvalue weighted by Crippen LogP contribution is 2.27. The van der Waals surface area contributed by atoms with Crippen molar-refractivity contribution in [1.82, 2.24) is 5.32 Å². The van der Waals surface area contributed by atoms with Crippen molar-refractivity contribution in [3.8, 4) is 0 Å². The van der Waals surface area contributed by atoms with Gasteiger partial charge in [-0.25, -0.2) is 4.79 Å². The van der Waals surface area contributed by atoms with E-state index in [2.05, 4.69) is 5.32 Å². The van der Waals surface area contributed by atoms with Crippen molar-refractivity contribution in [2.45, 2.75) is 64.6 Å². The maximum absolute atomic E-state index is 11.9. The molecule has 1 saturated heterocycles. The Morgan fingerprint density at radius 1 is 0.968 bits per heavy atom. The maximum Gasteiger partial charge on any atom is 0.339 e. The molecule has 11 heteroatoms. The summed E-state index contributed by atoms with van der Waals surface area (Å²) in [5.41, 5.74) is -0.474. The molecule has 1 fully saturated rings. The molecule has 0 spiro atoms. The minimum Gasteiger partial charge on any atom is -0.478 e. The summed E-state index contributed by atoms with van der Waals surface area (Å²) in [7, 11) is 0. The lowest BCUT2D eigenvalue weighted by Gasteiger charge is -2.24. The van der Waals surface area contributed by atoms with Crippen LogP contribution in [-0.4, -0.2) is 66.4 Å². The fourth-order valence-corrected chi connectivity index (χ4v) is 2.48. The number of esters is 3. The summed E-state index contributed by atoms with van der Waals surface area (Å²) < 4.78 is 21.6. The molecule has 172 valence electrons. The highest BCUT2D eigenvalue weighted by Gasteiger charge is 2.49. The quantitative estimate of drug-likeness (QED) is 0.0833. The van der Waals surface area contributed by atoms with Gasteiger partial charge in [0.25, 0.3) is 0 Å². The number of aliphatic carboxylic acids is 1. The van der Waals surface area contributed by atoms with Crippen molar-refractivity contribution in [3.63, 3.8) is 0 Å². The average Bonchev–Trinajstić information content (AvgIpc) is 3.07. The van der Waals surface area contributed by atoms with Crippen LogP contribution in [0.5, 0.6) is 0 Å². The molecule has 0 amide bonds. The Morgan fingerprint density at radius 2 is 1.55 bits per heavy atom. The zero-order chi connectivity index (χ0) is 23.4. The minimum atomic E-state index is -1.39. The number of carboxylic acid groups (broad SMARTS) is 1. The van der Waals surface area contributed by atoms with E-state index in [1.54, 1.807) is 20.8 Å². The number of aldehydes is 1. The van der Waals surface area contributed by atoms with Crippen LogP contribution >= 0.6 is 0 Å². The third-order valence-corrected chi connectivity index (χ3v) is 4.13. The van der Waals surface area contributed by atoms with Gasteiger partial charge in [-0.2, -0.15) is 0 Å². The Balaban J connectivity index is 3.06. The normalized spacial score (nSPS) is 23.3. The molecule has 0 bridgehead atoms. The van der Waals surface area contributed by atoms with Gasteiger partial charge < -0.3 is 29.4 Å². The molecule has 1 heterocycles. The predicted octanol–water partition coefficient (Wildman–Crippen LogP) is 0.621. The number of hydrogen-bond acceptors (Lipinski definition) is 10. The van der Waals surface area contributed by atoms with E-state index in [0.717, 1.165) is 6.08 Å². The van der Waals surface area contributed by atoms with Gasteiger partial charge in [0.1, 0.15) is 12.7 Å². The molecule has 0 aliphatic carbocycles. The van der Waals surface area contributed by atoms with Gasteiger partial charge in [0.2, 0.25) is 0 Å². The second-order valence-corrected chi connectivity index (χ2v) is 6.32. The van der Waals surface area contributed by atoms with E-state index in [1.807, 2.05) is 0 Å². The average molecular weight is 441 g/mol. The van der Waals surface area contributed by atoms with Crippen molar-refractivity contribution in [3.05, 3.63) is 23.9 Å². The van der Waals surface area contributed by atoms with Crippen molar-refractivity contribution >= 4 is 30.2 Å². The Labute approximate surface area is 179 Å². The van der Waals surface area contributed by atoms with E-state index in [0.29, 0.717) is 0 Å². The SMILES string of the molecule is CCC(=O)OC[C@H]1O[C@@H](N/C=C\C=C(/C=O)C(=O)O)[C@H](OC(=O)CC)[C@@H]1OC(=O)CC.